The molecule has 2 fully saturated rings. The first-order valence-electron chi connectivity index (χ1n) is 7.33. The molecule has 0 amide bonds. The molecule has 4 nitrogen and oxygen atoms in total. The molecule has 1 unspecified atom stereocenters. The second kappa shape index (κ2) is 5.62. The van der Waals surface area contributed by atoms with Crippen molar-refractivity contribution in [3.8, 4) is 11.5 Å². The van der Waals surface area contributed by atoms with Gasteiger partial charge in [-0.2, -0.15) is 0 Å². The van der Waals surface area contributed by atoms with Crippen LogP contribution < -0.4 is 9.47 Å². The lowest BCUT2D eigenvalue weighted by molar-refractivity contribution is -0.153. The molecule has 1 saturated carbocycles. The summed E-state index contributed by atoms with van der Waals surface area (Å²) < 4.78 is 17.4. The number of ether oxygens (including phenoxy) is 3. The Kier molecular flexibility index (Phi) is 3.85. The summed E-state index contributed by atoms with van der Waals surface area (Å²) in [5, 5.41) is 9.17. The molecule has 1 atom stereocenters. The van der Waals surface area contributed by atoms with E-state index in [4.69, 9.17) is 19.3 Å². The fourth-order valence-corrected chi connectivity index (χ4v) is 3.09. The summed E-state index contributed by atoms with van der Waals surface area (Å²) in [6, 6.07) is 5.58. The molecule has 3 rings (SSSR count). The van der Waals surface area contributed by atoms with Crippen LogP contribution in [0.5, 0.6) is 11.5 Å². The molecule has 1 aliphatic carbocycles. The van der Waals surface area contributed by atoms with Crippen LogP contribution in [0, 0.1) is 0 Å². The van der Waals surface area contributed by atoms with Gasteiger partial charge >= 0.3 is 0 Å². The minimum atomic E-state index is 0.0109. The number of rotatable bonds is 4. The van der Waals surface area contributed by atoms with Gasteiger partial charge in [0.1, 0.15) is 6.10 Å². The van der Waals surface area contributed by atoms with E-state index in [1.165, 1.54) is 6.42 Å². The molecule has 0 radical (unpaired) electrons. The molecular formula is C16H22O4. The second-order valence-corrected chi connectivity index (χ2v) is 5.76. The van der Waals surface area contributed by atoms with Gasteiger partial charge in [0.2, 0.25) is 0 Å². The molecule has 4 heteroatoms. The lowest BCUT2D eigenvalue weighted by Gasteiger charge is -2.46. The van der Waals surface area contributed by atoms with Gasteiger partial charge in [-0.3, -0.25) is 0 Å². The van der Waals surface area contributed by atoms with Crippen LogP contribution in [0.1, 0.15) is 37.7 Å². The van der Waals surface area contributed by atoms with Gasteiger partial charge in [0.05, 0.1) is 25.9 Å². The third-order valence-electron chi connectivity index (χ3n) is 4.42. The SMILES string of the molecule is COc1cc(CO)ccc1OC1CCOC2(CCC2)C1. The normalized spacial score (nSPS) is 24.2. The summed E-state index contributed by atoms with van der Waals surface area (Å²) in [4.78, 5) is 0. The van der Waals surface area contributed by atoms with Crippen molar-refractivity contribution in [3.63, 3.8) is 0 Å². The van der Waals surface area contributed by atoms with Crippen LogP contribution in [0.4, 0.5) is 0 Å². The van der Waals surface area contributed by atoms with Crippen molar-refractivity contribution in [2.24, 2.45) is 0 Å². The van der Waals surface area contributed by atoms with Crippen LogP contribution in [0.15, 0.2) is 18.2 Å². The van der Waals surface area contributed by atoms with Crippen molar-refractivity contribution < 1.29 is 19.3 Å². The first-order chi connectivity index (χ1) is 9.74. The van der Waals surface area contributed by atoms with Crippen molar-refractivity contribution in [1.29, 1.82) is 0 Å². The van der Waals surface area contributed by atoms with Gasteiger partial charge in [0, 0.05) is 12.8 Å². The highest BCUT2D eigenvalue weighted by atomic mass is 16.5. The minimum Gasteiger partial charge on any atom is -0.493 e. The van der Waals surface area contributed by atoms with Crippen LogP contribution in [-0.2, 0) is 11.3 Å². The second-order valence-electron chi connectivity index (χ2n) is 5.76. The molecule has 0 aromatic heterocycles. The quantitative estimate of drug-likeness (QED) is 0.920. The summed E-state index contributed by atoms with van der Waals surface area (Å²) in [5.41, 5.74) is 0.915. The van der Waals surface area contributed by atoms with E-state index in [0.29, 0.717) is 5.75 Å². The van der Waals surface area contributed by atoms with Gasteiger partial charge < -0.3 is 19.3 Å². The van der Waals surface area contributed by atoms with E-state index in [1.807, 2.05) is 18.2 Å². The molecule has 0 bridgehead atoms. The Morgan fingerprint density at radius 1 is 1.35 bits per heavy atom. The molecule has 2 aliphatic rings. The molecule has 110 valence electrons. The van der Waals surface area contributed by atoms with E-state index in [0.717, 1.165) is 43.6 Å². The maximum atomic E-state index is 9.17. The van der Waals surface area contributed by atoms with Gasteiger partial charge in [-0.25, -0.2) is 0 Å². The van der Waals surface area contributed by atoms with Crippen molar-refractivity contribution in [3.05, 3.63) is 23.8 Å². The number of aliphatic hydroxyl groups is 1. The van der Waals surface area contributed by atoms with Crippen molar-refractivity contribution in [2.75, 3.05) is 13.7 Å². The zero-order chi connectivity index (χ0) is 14.0. The van der Waals surface area contributed by atoms with Gasteiger partial charge in [-0.05, 0) is 37.0 Å². The Hall–Kier alpha value is -1.26. The summed E-state index contributed by atoms with van der Waals surface area (Å²) >= 11 is 0. The number of benzene rings is 1. The molecule has 1 aliphatic heterocycles. The molecular weight excluding hydrogens is 256 g/mol. The highest BCUT2D eigenvalue weighted by Gasteiger charge is 2.43. The van der Waals surface area contributed by atoms with Crippen LogP contribution >= 0.6 is 0 Å². The van der Waals surface area contributed by atoms with Gasteiger partial charge in [0.15, 0.2) is 11.5 Å². The molecule has 20 heavy (non-hydrogen) atoms. The fourth-order valence-electron chi connectivity index (χ4n) is 3.09. The Bertz CT molecular complexity index is 468. The van der Waals surface area contributed by atoms with E-state index < -0.39 is 0 Å². The zero-order valence-corrected chi connectivity index (χ0v) is 11.9. The van der Waals surface area contributed by atoms with Crippen LogP contribution in [0.3, 0.4) is 0 Å². The molecule has 1 aromatic carbocycles. The van der Waals surface area contributed by atoms with Gasteiger partial charge in [-0.1, -0.05) is 6.07 Å². The van der Waals surface area contributed by atoms with Gasteiger partial charge in [0.25, 0.3) is 0 Å². The predicted molar refractivity (Wildman–Crippen MR) is 75.1 cm³/mol. The topological polar surface area (TPSA) is 47.9 Å². The van der Waals surface area contributed by atoms with E-state index in [2.05, 4.69) is 0 Å². The molecule has 1 N–H and O–H groups in total. The van der Waals surface area contributed by atoms with E-state index in [-0.39, 0.29) is 18.3 Å². The third kappa shape index (κ3) is 2.63. The molecule has 1 spiro atoms. The maximum Gasteiger partial charge on any atom is 0.161 e. The van der Waals surface area contributed by atoms with Crippen molar-refractivity contribution in [1.82, 2.24) is 0 Å². The minimum absolute atomic E-state index is 0.0109. The highest BCUT2D eigenvalue weighted by Crippen LogP contribution is 2.43. The van der Waals surface area contributed by atoms with Crippen molar-refractivity contribution >= 4 is 0 Å². The first kappa shape index (κ1) is 13.7. The number of aliphatic hydroxyl groups excluding tert-OH is 1. The summed E-state index contributed by atoms with van der Waals surface area (Å²) in [6.07, 6.45) is 5.67. The lowest BCUT2D eigenvalue weighted by atomic mass is 9.74. The average Bonchev–Trinajstić information content (AvgIpc) is 2.46. The fraction of sp³-hybridized carbons (Fsp3) is 0.625. The summed E-state index contributed by atoms with van der Waals surface area (Å²) in [7, 11) is 1.63. The standard InChI is InChI=1S/C16H22O4/c1-18-15-9-12(11-17)3-4-14(15)20-13-5-8-19-16(10-13)6-2-7-16/h3-4,9,13,17H,2,5-8,10-11H2,1H3. The lowest BCUT2D eigenvalue weighted by Crippen LogP contribution is -2.48. The number of hydrogen-bond acceptors (Lipinski definition) is 4. The Labute approximate surface area is 119 Å². The number of hydrogen-bond donors (Lipinski definition) is 1. The number of methoxy groups -OCH3 is 1. The smallest absolute Gasteiger partial charge is 0.161 e. The highest BCUT2D eigenvalue weighted by molar-refractivity contribution is 5.43. The Morgan fingerprint density at radius 3 is 2.85 bits per heavy atom. The van der Waals surface area contributed by atoms with E-state index in [9.17, 15) is 0 Å². The molecule has 1 heterocycles. The monoisotopic (exact) mass is 278 g/mol. The van der Waals surface area contributed by atoms with Crippen molar-refractivity contribution in [2.45, 2.75) is 50.4 Å². The average molecular weight is 278 g/mol. The molecule has 1 aromatic rings. The zero-order valence-electron chi connectivity index (χ0n) is 11.9. The molecule has 1 saturated heterocycles. The maximum absolute atomic E-state index is 9.17. The predicted octanol–water partition coefficient (Wildman–Crippen LogP) is 2.67. The van der Waals surface area contributed by atoms with E-state index >= 15 is 0 Å². The Balaban J connectivity index is 1.70. The first-order valence-corrected chi connectivity index (χ1v) is 7.33. The van der Waals surface area contributed by atoms with Crippen LogP contribution in [0.2, 0.25) is 0 Å². The summed E-state index contributed by atoms with van der Waals surface area (Å²) in [5.74, 6) is 1.44. The largest absolute Gasteiger partial charge is 0.493 e. The summed E-state index contributed by atoms with van der Waals surface area (Å²) in [6.45, 7) is 0.790. The van der Waals surface area contributed by atoms with Gasteiger partial charge in [-0.15, -0.1) is 0 Å². The van der Waals surface area contributed by atoms with E-state index in [1.54, 1.807) is 7.11 Å². The van der Waals surface area contributed by atoms with Crippen LogP contribution in [-0.4, -0.2) is 30.5 Å². The Morgan fingerprint density at radius 2 is 2.20 bits per heavy atom. The third-order valence-corrected chi connectivity index (χ3v) is 4.42. The van der Waals surface area contributed by atoms with Crippen LogP contribution in [0.25, 0.3) is 0 Å².